The monoisotopic (exact) mass is 253 g/mol. The van der Waals surface area contributed by atoms with Gasteiger partial charge in [-0.3, -0.25) is 0 Å². The number of hydrogen-bond acceptors (Lipinski definition) is 1. The topological polar surface area (TPSA) is 9.23 Å². The zero-order valence-electron chi connectivity index (χ0n) is 11.9. The fourth-order valence-electron chi connectivity index (χ4n) is 2.31. The van der Waals surface area contributed by atoms with Gasteiger partial charge < -0.3 is 4.74 Å². The summed E-state index contributed by atoms with van der Waals surface area (Å²) in [5, 5.41) is 0. The summed E-state index contributed by atoms with van der Waals surface area (Å²) in [6.45, 7) is 4.39. The Labute approximate surface area is 116 Å². The lowest BCUT2D eigenvalue weighted by atomic mass is 9.88. The van der Waals surface area contributed by atoms with E-state index >= 15 is 0 Å². The Bertz CT molecular complexity index is 449. The maximum atomic E-state index is 5.21. The molecular formula is C18H21O. The molecule has 0 aliphatic heterocycles. The first kappa shape index (κ1) is 13.7. The van der Waals surface area contributed by atoms with Gasteiger partial charge in [0.05, 0.1) is 7.11 Å². The maximum Gasteiger partial charge on any atom is 0.118 e. The molecule has 0 aromatic heterocycles. The first-order valence-electron chi connectivity index (χ1n) is 6.88. The second kappa shape index (κ2) is 6.42. The zero-order chi connectivity index (χ0) is 13.7. The molecule has 1 radical (unpaired) electrons. The Hall–Kier alpha value is -1.76. The molecule has 2 aromatic carbocycles. The van der Waals surface area contributed by atoms with Gasteiger partial charge in [0.15, 0.2) is 0 Å². The predicted molar refractivity (Wildman–Crippen MR) is 80.6 cm³/mol. The highest BCUT2D eigenvalue weighted by Gasteiger charge is 2.12. The van der Waals surface area contributed by atoms with E-state index in [-0.39, 0.29) is 0 Å². The molecule has 0 atom stereocenters. The van der Waals surface area contributed by atoms with Crippen LogP contribution in [0.15, 0.2) is 48.5 Å². The van der Waals surface area contributed by atoms with E-state index in [1.54, 1.807) is 7.11 Å². The molecule has 0 spiro atoms. The Morgan fingerprint density at radius 3 is 1.79 bits per heavy atom. The highest BCUT2D eigenvalue weighted by molar-refractivity contribution is 5.47. The lowest BCUT2D eigenvalue weighted by Gasteiger charge is -2.16. The summed E-state index contributed by atoms with van der Waals surface area (Å²) in [5.74, 6) is 2.28. The fraction of sp³-hybridized carbons (Fsp3) is 0.278. The van der Waals surface area contributed by atoms with Gasteiger partial charge in [0, 0.05) is 5.92 Å². The van der Waals surface area contributed by atoms with Crippen molar-refractivity contribution in [2.24, 2.45) is 0 Å². The van der Waals surface area contributed by atoms with Crippen LogP contribution in [0.1, 0.15) is 37.0 Å². The predicted octanol–water partition coefficient (Wildman–Crippen LogP) is 4.64. The third-order valence-electron chi connectivity index (χ3n) is 3.50. The number of aryl methyl sites for hydroxylation is 1. The first-order valence-corrected chi connectivity index (χ1v) is 6.88. The molecule has 1 heteroatoms. The van der Waals surface area contributed by atoms with Crippen LogP contribution in [-0.2, 0) is 6.42 Å². The van der Waals surface area contributed by atoms with Crippen LogP contribution in [-0.4, -0.2) is 7.11 Å². The smallest absolute Gasteiger partial charge is 0.118 e. The van der Waals surface area contributed by atoms with Crippen molar-refractivity contribution in [1.82, 2.24) is 0 Å². The molecule has 19 heavy (non-hydrogen) atoms. The molecule has 0 saturated heterocycles. The van der Waals surface area contributed by atoms with E-state index in [0.29, 0.717) is 0 Å². The number of rotatable bonds is 5. The van der Waals surface area contributed by atoms with E-state index in [1.165, 1.54) is 22.6 Å². The molecule has 2 aromatic rings. The van der Waals surface area contributed by atoms with E-state index < -0.39 is 0 Å². The van der Waals surface area contributed by atoms with Gasteiger partial charge in [0.2, 0.25) is 0 Å². The van der Waals surface area contributed by atoms with Gasteiger partial charge in [-0.05, 0) is 41.7 Å². The molecule has 0 heterocycles. The van der Waals surface area contributed by atoms with Crippen LogP contribution in [0.3, 0.4) is 0 Å². The Kier molecular flexibility index (Phi) is 4.62. The molecule has 0 aliphatic carbocycles. The number of benzene rings is 2. The molecule has 99 valence electrons. The summed E-state index contributed by atoms with van der Waals surface area (Å²) < 4.78 is 5.21. The van der Waals surface area contributed by atoms with Crippen LogP contribution in [0.2, 0.25) is 0 Å². The van der Waals surface area contributed by atoms with Crippen molar-refractivity contribution in [3.63, 3.8) is 0 Å². The highest BCUT2D eigenvalue weighted by Crippen LogP contribution is 2.28. The SMILES string of the molecule is CC[C](c1ccc(CC)cc1)c1ccc(OC)cc1. The summed E-state index contributed by atoms with van der Waals surface area (Å²) in [4.78, 5) is 0. The van der Waals surface area contributed by atoms with Crippen molar-refractivity contribution in [3.8, 4) is 5.75 Å². The first-order chi connectivity index (χ1) is 9.28. The molecule has 0 fully saturated rings. The van der Waals surface area contributed by atoms with Crippen LogP contribution in [0.25, 0.3) is 0 Å². The average molecular weight is 253 g/mol. The number of hydrogen-bond donors (Lipinski definition) is 0. The zero-order valence-corrected chi connectivity index (χ0v) is 11.9. The van der Waals surface area contributed by atoms with Crippen molar-refractivity contribution in [3.05, 3.63) is 71.1 Å². The molecule has 0 unspecified atom stereocenters. The van der Waals surface area contributed by atoms with E-state index in [9.17, 15) is 0 Å². The Morgan fingerprint density at radius 2 is 1.37 bits per heavy atom. The fourth-order valence-corrected chi connectivity index (χ4v) is 2.31. The Morgan fingerprint density at radius 1 is 0.842 bits per heavy atom. The minimum Gasteiger partial charge on any atom is -0.497 e. The average Bonchev–Trinajstić information content (AvgIpc) is 2.49. The van der Waals surface area contributed by atoms with Gasteiger partial charge >= 0.3 is 0 Å². The van der Waals surface area contributed by atoms with E-state index in [2.05, 4.69) is 50.2 Å². The van der Waals surface area contributed by atoms with Gasteiger partial charge in [-0.2, -0.15) is 0 Å². The molecule has 0 aliphatic rings. The van der Waals surface area contributed by atoms with Gasteiger partial charge in [-0.25, -0.2) is 0 Å². The van der Waals surface area contributed by atoms with Crippen molar-refractivity contribution in [2.45, 2.75) is 26.7 Å². The van der Waals surface area contributed by atoms with Crippen LogP contribution < -0.4 is 4.74 Å². The minimum absolute atomic E-state index is 0.903. The van der Waals surface area contributed by atoms with Crippen LogP contribution in [0.5, 0.6) is 5.75 Å². The molecular weight excluding hydrogens is 232 g/mol. The van der Waals surface area contributed by atoms with E-state index in [0.717, 1.165) is 18.6 Å². The van der Waals surface area contributed by atoms with Crippen molar-refractivity contribution in [2.75, 3.05) is 7.11 Å². The molecule has 0 saturated carbocycles. The van der Waals surface area contributed by atoms with Crippen molar-refractivity contribution >= 4 is 0 Å². The molecule has 1 nitrogen and oxygen atoms in total. The van der Waals surface area contributed by atoms with Gasteiger partial charge in [0.1, 0.15) is 5.75 Å². The van der Waals surface area contributed by atoms with E-state index in [1.807, 2.05) is 12.1 Å². The normalized spacial score (nSPS) is 10.7. The van der Waals surface area contributed by atoms with Gasteiger partial charge in [-0.15, -0.1) is 0 Å². The third-order valence-corrected chi connectivity index (χ3v) is 3.50. The molecule has 0 bridgehead atoms. The van der Waals surface area contributed by atoms with Gasteiger partial charge in [0.25, 0.3) is 0 Å². The summed E-state index contributed by atoms with van der Waals surface area (Å²) in [7, 11) is 1.70. The molecule has 2 rings (SSSR count). The highest BCUT2D eigenvalue weighted by atomic mass is 16.5. The second-order valence-electron chi connectivity index (χ2n) is 4.61. The van der Waals surface area contributed by atoms with Crippen LogP contribution in [0, 0.1) is 5.92 Å². The standard InChI is InChI=1S/C18H21O/c1-4-14-6-8-15(9-7-14)18(5-2)16-10-12-17(19-3)13-11-16/h6-13H,4-5H2,1-3H3. The summed E-state index contributed by atoms with van der Waals surface area (Å²) in [5.41, 5.74) is 3.96. The van der Waals surface area contributed by atoms with Crippen molar-refractivity contribution < 1.29 is 4.74 Å². The van der Waals surface area contributed by atoms with Crippen LogP contribution in [0.4, 0.5) is 0 Å². The number of methoxy groups -OCH3 is 1. The maximum absolute atomic E-state index is 5.21. The number of ether oxygens (including phenoxy) is 1. The van der Waals surface area contributed by atoms with Crippen molar-refractivity contribution in [1.29, 1.82) is 0 Å². The molecule has 0 N–H and O–H groups in total. The summed E-state index contributed by atoms with van der Waals surface area (Å²) in [6.07, 6.45) is 2.11. The lowest BCUT2D eigenvalue weighted by molar-refractivity contribution is 0.414. The summed E-state index contributed by atoms with van der Waals surface area (Å²) >= 11 is 0. The van der Waals surface area contributed by atoms with E-state index in [4.69, 9.17) is 4.74 Å². The van der Waals surface area contributed by atoms with Crippen LogP contribution >= 0.6 is 0 Å². The second-order valence-corrected chi connectivity index (χ2v) is 4.61. The molecule has 0 amide bonds. The van der Waals surface area contributed by atoms with Gasteiger partial charge in [-0.1, -0.05) is 50.2 Å². The summed E-state index contributed by atoms with van der Waals surface area (Å²) in [6, 6.07) is 17.2. The largest absolute Gasteiger partial charge is 0.497 e. The Balaban J connectivity index is 2.26. The quantitative estimate of drug-likeness (QED) is 0.754. The minimum atomic E-state index is 0.903. The third kappa shape index (κ3) is 3.17. The lowest BCUT2D eigenvalue weighted by Crippen LogP contribution is -2.01.